The van der Waals surface area contributed by atoms with Gasteiger partial charge in [-0.2, -0.15) is 22.8 Å². The first-order chi connectivity index (χ1) is 13.8. The van der Waals surface area contributed by atoms with E-state index in [1.807, 2.05) is 0 Å². The van der Waals surface area contributed by atoms with Crippen molar-refractivity contribution in [2.24, 2.45) is 0 Å². The second-order valence-electron chi connectivity index (χ2n) is 6.19. The van der Waals surface area contributed by atoms with Crippen molar-refractivity contribution in [1.82, 2.24) is 24.8 Å². The van der Waals surface area contributed by atoms with Crippen molar-refractivity contribution in [2.75, 3.05) is 5.32 Å². The largest absolute Gasteiger partial charge is 0.433 e. The summed E-state index contributed by atoms with van der Waals surface area (Å²) in [5, 5.41) is 10.7. The molecule has 0 unspecified atom stereocenters. The number of nitrogens with one attached hydrogen (secondary N) is 3. The number of aryl methyl sites for hydroxylation is 1. The molecule has 0 spiro atoms. The average molecular weight is 402 g/mol. The zero-order chi connectivity index (χ0) is 20.8. The molecular weight excluding hydrogens is 389 g/mol. The van der Waals surface area contributed by atoms with Crippen molar-refractivity contribution in [1.29, 1.82) is 0 Å². The Morgan fingerprint density at radius 2 is 1.90 bits per heavy atom. The minimum Gasteiger partial charge on any atom is -0.307 e. The molecule has 0 saturated carbocycles. The lowest BCUT2D eigenvalue weighted by atomic mass is 10.1. The van der Waals surface area contributed by atoms with E-state index in [4.69, 9.17) is 0 Å². The summed E-state index contributed by atoms with van der Waals surface area (Å²) in [5.74, 6) is -0.589. The molecule has 4 aromatic rings. The molecule has 0 radical (unpaired) electrons. The summed E-state index contributed by atoms with van der Waals surface area (Å²) in [7, 11) is 0. The summed E-state index contributed by atoms with van der Waals surface area (Å²) in [6.45, 7) is 1.39. The van der Waals surface area contributed by atoms with Crippen LogP contribution in [0.3, 0.4) is 0 Å². The Hall–Kier alpha value is -3.89. The molecule has 3 heterocycles. The van der Waals surface area contributed by atoms with Gasteiger partial charge in [-0.1, -0.05) is 30.3 Å². The van der Waals surface area contributed by atoms with Crippen LogP contribution in [0.5, 0.6) is 0 Å². The highest BCUT2D eigenvalue weighted by molar-refractivity contribution is 6.04. The van der Waals surface area contributed by atoms with Gasteiger partial charge in [0, 0.05) is 6.07 Å². The number of hydrogen-bond acceptors (Lipinski definition) is 4. The van der Waals surface area contributed by atoms with E-state index < -0.39 is 23.3 Å². The molecule has 0 aliphatic heterocycles. The Morgan fingerprint density at radius 1 is 1.17 bits per heavy atom. The number of nitrogens with zero attached hydrogens (tertiary/aromatic N) is 3. The lowest BCUT2D eigenvalue weighted by Gasteiger charge is -2.07. The molecule has 29 heavy (non-hydrogen) atoms. The minimum atomic E-state index is -4.77. The first kappa shape index (κ1) is 18.5. The monoisotopic (exact) mass is 402 g/mol. The van der Waals surface area contributed by atoms with Crippen LogP contribution in [0.15, 0.2) is 47.4 Å². The third-order valence-electron chi connectivity index (χ3n) is 4.28. The molecule has 0 aliphatic rings. The van der Waals surface area contributed by atoms with E-state index in [1.54, 1.807) is 18.2 Å². The maximum absolute atomic E-state index is 13.7. The van der Waals surface area contributed by atoms with Crippen LogP contribution in [0, 0.1) is 6.92 Å². The SMILES string of the molecule is Cc1nc2c(-c3ccccc3)c(C(F)(F)F)[nH]n2c(=O)c1C(=O)Nc1ccn[nH]1. The number of alkyl halides is 3. The molecule has 0 aliphatic carbocycles. The van der Waals surface area contributed by atoms with Crippen LogP contribution < -0.4 is 10.9 Å². The van der Waals surface area contributed by atoms with Crippen molar-refractivity contribution in [3.8, 4) is 11.1 Å². The van der Waals surface area contributed by atoms with Crippen LogP contribution in [0.4, 0.5) is 19.0 Å². The molecule has 1 aromatic carbocycles. The number of hydrogen-bond donors (Lipinski definition) is 3. The Labute approximate surface area is 160 Å². The van der Waals surface area contributed by atoms with Gasteiger partial charge in [-0.25, -0.2) is 4.98 Å². The molecule has 0 fully saturated rings. The summed E-state index contributed by atoms with van der Waals surface area (Å²) in [4.78, 5) is 29.5. The lowest BCUT2D eigenvalue weighted by molar-refractivity contribution is -0.140. The highest BCUT2D eigenvalue weighted by atomic mass is 19.4. The van der Waals surface area contributed by atoms with Gasteiger partial charge < -0.3 is 5.32 Å². The second-order valence-corrected chi connectivity index (χ2v) is 6.19. The predicted molar refractivity (Wildman–Crippen MR) is 97.5 cm³/mol. The Morgan fingerprint density at radius 3 is 2.52 bits per heavy atom. The molecule has 1 amide bonds. The molecule has 0 atom stereocenters. The van der Waals surface area contributed by atoms with Crippen molar-refractivity contribution >= 4 is 17.4 Å². The number of benzene rings is 1. The van der Waals surface area contributed by atoms with Crippen molar-refractivity contribution < 1.29 is 18.0 Å². The van der Waals surface area contributed by atoms with Gasteiger partial charge in [0.15, 0.2) is 5.65 Å². The minimum absolute atomic E-state index is 0.00285. The number of aromatic nitrogens is 5. The van der Waals surface area contributed by atoms with Crippen molar-refractivity contribution in [3.05, 3.63) is 69.9 Å². The van der Waals surface area contributed by atoms with Gasteiger partial charge in [-0.15, -0.1) is 0 Å². The van der Waals surface area contributed by atoms with E-state index in [0.717, 1.165) is 0 Å². The number of anilines is 1. The molecule has 0 bridgehead atoms. The van der Waals surface area contributed by atoms with Crippen LogP contribution in [-0.4, -0.2) is 30.7 Å². The summed E-state index contributed by atoms with van der Waals surface area (Å²) < 4.78 is 41.6. The molecule has 148 valence electrons. The van der Waals surface area contributed by atoms with E-state index in [-0.39, 0.29) is 33.8 Å². The quantitative estimate of drug-likeness (QED) is 0.490. The predicted octanol–water partition coefficient (Wildman–Crippen LogP) is 2.99. The highest BCUT2D eigenvalue weighted by Crippen LogP contribution is 2.38. The Balaban J connectivity index is 1.96. The maximum atomic E-state index is 13.7. The number of aromatic amines is 2. The van der Waals surface area contributed by atoms with Crippen LogP contribution in [0.25, 0.3) is 16.8 Å². The van der Waals surface area contributed by atoms with Crippen molar-refractivity contribution in [3.63, 3.8) is 0 Å². The van der Waals surface area contributed by atoms with E-state index in [1.165, 1.54) is 31.3 Å². The van der Waals surface area contributed by atoms with Gasteiger partial charge in [-0.3, -0.25) is 19.8 Å². The zero-order valence-corrected chi connectivity index (χ0v) is 14.8. The first-order valence-electron chi connectivity index (χ1n) is 8.36. The second kappa shape index (κ2) is 6.62. The van der Waals surface area contributed by atoms with Gasteiger partial charge in [0.1, 0.15) is 17.1 Å². The van der Waals surface area contributed by atoms with Gasteiger partial charge in [0.05, 0.1) is 17.5 Å². The average Bonchev–Trinajstić information content (AvgIpc) is 3.29. The van der Waals surface area contributed by atoms with Gasteiger partial charge in [0.2, 0.25) is 0 Å². The van der Waals surface area contributed by atoms with Crippen molar-refractivity contribution in [2.45, 2.75) is 13.1 Å². The Kier molecular flexibility index (Phi) is 4.22. The number of halogens is 3. The van der Waals surface area contributed by atoms with Crippen LogP contribution >= 0.6 is 0 Å². The third-order valence-corrected chi connectivity index (χ3v) is 4.28. The molecule has 4 rings (SSSR count). The van der Waals surface area contributed by atoms with Crippen LogP contribution in [-0.2, 0) is 6.18 Å². The molecule has 3 aromatic heterocycles. The number of carbonyl (C=O) groups excluding carboxylic acids is 1. The smallest absolute Gasteiger partial charge is 0.307 e. The molecular formula is C18H13F3N6O2. The standard InChI is InChI=1S/C18H13F3N6O2/c1-9-12(16(28)24-11-7-8-22-25-11)17(29)27-15(23-9)13(10-5-3-2-4-6-10)14(26-27)18(19,20)21/h2-8,26H,1H3,(H2,22,24,25,28). The van der Waals surface area contributed by atoms with Crippen LogP contribution in [0.2, 0.25) is 0 Å². The van der Waals surface area contributed by atoms with Gasteiger partial charge >= 0.3 is 6.18 Å². The highest BCUT2D eigenvalue weighted by Gasteiger charge is 2.38. The fourth-order valence-electron chi connectivity index (χ4n) is 3.03. The summed E-state index contributed by atoms with van der Waals surface area (Å²) >= 11 is 0. The number of rotatable bonds is 3. The topological polar surface area (TPSA) is 108 Å². The lowest BCUT2D eigenvalue weighted by Crippen LogP contribution is -2.29. The number of fused-ring (bicyclic) bond motifs is 1. The van der Waals surface area contributed by atoms with E-state index >= 15 is 0 Å². The molecule has 3 N–H and O–H groups in total. The number of carbonyl (C=O) groups is 1. The first-order valence-corrected chi connectivity index (χ1v) is 8.36. The maximum Gasteiger partial charge on any atom is 0.433 e. The number of H-pyrrole nitrogens is 2. The number of amides is 1. The molecule has 11 heteroatoms. The normalized spacial score (nSPS) is 11.7. The molecule has 0 saturated heterocycles. The third kappa shape index (κ3) is 3.16. The van der Waals surface area contributed by atoms with Crippen LogP contribution in [0.1, 0.15) is 21.7 Å². The summed E-state index contributed by atoms with van der Waals surface area (Å²) in [5.41, 5.74) is -2.71. The zero-order valence-electron chi connectivity index (χ0n) is 14.8. The fourth-order valence-corrected chi connectivity index (χ4v) is 3.03. The molecule has 8 nitrogen and oxygen atoms in total. The van der Waals surface area contributed by atoms with E-state index in [2.05, 4.69) is 25.6 Å². The van der Waals surface area contributed by atoms with Gasteiger partial charge in [-0.05, 0) is 12.5 Å². The van der Waals surface area contributed by atoms with E-state index in [0.29, 0.717) is 4.52 Å². The fraction of sp³-hybridized carbons (Fsp3) is 0.111. The summed E-state index contributed by atoms with van der Waals surface area (Å²) in [6, 6.07) is 9.25. The van der Waals surface area contributed by atoms with Gasteiger partial charge in [0.25, 0.3) is 11.5 Å². The summed E-state index contributed by atoms with van der Waals surface area (Å²) in [6.07, 6.45) is -3.37. The Bertz CT molecular complexity index is 1260. The van der Waals surface area contributed by atoms with E-state index in [9.17, 15) is 22.8 Å².